The van der Waals surface area contributed by atoms with Gasteiger partial charge in [-0.25, -0.2) is 0 Å². The van der Waals surface area contributed by atoms with Crippen molar-refractivity contribution in [3.63, 3.8) is 0 Å². The molecule has 5 N–H and O–H groups in total. The Hall–Kier alpha value is -2.94. The number of hydrogen-bond donors (Lipinski definition) is 3. The molecule has 0 bridgehead atoms. The second-order valence-electron chi connectivity index (χ2n) is 4.91. The molecule has 0 saturated carbocycles. The molecule has 21 heavy (non-hydrogen) atoms. The number of hydrogen-bond acceptors (Lipinski definition) is 3. The zero-order chi connectivity index (χ0) is 14.7. The summed E-state index contributed by atoms with van der Waals surface area (Å²) in [5.41, 5.74) is 17.3. The van der Waals surface area contributed by atoms with Crippen molar-refractivity contribution >= 4 is 22.7 Å². The van der Waals surface area contributed by atoms with Crippen LogP contribution in [-0.4, -0.2) is 0 Å². The Morgan fingerprint density at radius 2 is 1.19 bits per heavy atom. The van der Waals surface area contributed by atoms with Crippen molar-refractivity contribution < 1.29 is 0 Å². The Morgan fingerprint density at radius 3 is 1.86 bits per heavy atom. The average molecular weight is 275 g/mol. The molecular formula is C18H17N3. The van der Waals surface area contributed by atoms with Crippen LogP contribution in [0.2, 0.25) is 0 Å². The normalized spacial score (nSPS) is 10.3. The molecule has 0 heterocycles. The van der Waals surface area contributed by atoms with Crippen LogP contribution in [0.1, 0.15) is 0 Å². The molecule has 0 atom stereocenters. The first-order valence-electron chi connectivity index (χ1n) is 6.80. The number of nitrogens with two attached hydrogens (primary N) is 2. The van der Waals surface area contributed by atoms with Crippen LogP contribution in [0.4, 0.5) is 22.7 Å². The van der Waals surface area contributed by atoms with Gasteiger partial charge in [0, 0.05) is 28.3 Å². The first-order chi connectivity index (χ1) is 10.2. The lowest BCUT2D eigenvalue weighted by atomic mass is 10.0. The Labute approximate surface area is 124 Å². The Bertz CT molecular complexity index is 731. The summed E-state index contributed by atoms with van der Waals surface area (Å²) >= 11 is 0. The molecule has 0 saturated heterocycles. The molecule has 0 amide bonds. The zero-order valence-corrected chi connectivity index (χ0v) is 11.6. The van der Waals surface area contributed by atoms with E-state index in [2.05, 4.69) is 17.4 Å². The molecule has 0 fully saturated rings. The van der Waals surface area contributed by atoms with Gasteiger partial charge in [0.25, 0.3) is 0 Å². The smallest absolute Gasteiger partial charge is 0.0463 e. The minimum absolute atomic E-state index is 0.757. The highest BCUT2D eigenvalue weighted by Crippen LogP contribution is 2.30. The van der Waals surface area contributed by atoms with Gasteiger partial charge in [-0.1, -0.05) is 30.3 Å². The highest BCUT2D eigenvalue weighted by Gasteiger charge is 2.04. The summed E-state index contributed by atoms with van der Waals surface area (Å²) in [4.78, 5) is 0. The van der Waals surface area contributed by atoms with Crippen LogP contribution in [0.5, 0.6) is 0 Å². The summed E-state index contributed by atoms with van der Waals surface area (Å²) in [7, 11) is 0. The average Bonchev–Trinajstić information content (AvgIpc) is 2.51. The predicted octanol–water partition coefficient (Wildman–Crippen LogP) is 4.26. The standard InChI is InChI=1S/C18H17N3/c19-14-7-5-13(6-8-14)17-3-1-2-4-18(17)21-16-11-9-15(20)10-12-16/h1-12,21H,19-20H2. The minimum atomic E-state index is 0.757. The molecule has 0 radical (unpaired) electrons. The minimum Gasteiger partial charge on any atom is -0.399 e. The fraction of sp³-hybridized carbons (Fsp3) is 0. The lowest BCUT2D eigenvalue weighted by molar-refractivity contribution is 1.53. The van der Waals surface area contributed by atoms with E-state index in [9.17, 15) is 0 Å². The lowest BCUT2D eigenvalue weighted by Crippen LogP contribution is -1.94. The largest absolute Gasteiger partial charge is 0.399 e. The quantitative estimate of drug-likeness (QED) is 0.626. The third-order valence-electron chi connectivity index (χ3n) is 3.34. The fourth-order valence-electron chi connectivity index (χ4n) is 2.23. The molecule has 0 aliphatic heterocycles. The van der Waals surface area contributed by atoms with E-state index >= 15 is 0 Å². The maximum atomic E-state index is 5.75. The van der Waals surface area contributed by atoms with Crippen molar-refractivity contribution in [1.29, 1.82) is 0 Å². The molecule has 3 aromatic rings. The van der Waals surface area contributed by atoms with Gasteiger partial charge in [0.1, 0.15) is 0 Å². The van der Waals surface area contributed by atoms with Crippen LogP contribution < -0.4 is 16.8 Å². The highest BCUT2D eigenvalue weighted by atomic mass is 14.9. The number of nitrogen functional groups attached to an aromatic ring is 2. The van der Waals surface area contributed by atoms with Crippen molar-refractivity contribution in [2.24, 2.45) is 0 Å². The predicted molar refractivity (Wildman–Crippen MR) is 90.4 cm³/mol. The van der Waals surface area contributed by atoms with Crippen molar-refractivity contribution in [1.82, 2.24) is 0 Å². The van der Waals surface area contributed by atoms with E-state index in [0.29, 0.717) is 0 Å². The highest BCUT2D eigenvalue weighted by molar-refractivity contribution is 5.81. The Kier molecular flexibility index (Phi) is 3.48. The maximum absolute atomic E-state index is 5.75. The molecule has 0 unspecified atom stereocenters. The topological polar surface area (TPSA) is 64.1 Å². The number of nitrogens with one attached hydrogen (secondary N) is 1. The van der Waals surface area contributed by atoms with Gasteiger partial charge < -0.3 is 16.8 Å². The monoisotopic (exact) mass is 275 g/mol. The maximum Gasteiger partial charge on any atom is 0.0463 e. The summed E-state index contributed by atoms with van der Waals surface area (Å²) in [6.07, 6.45) is 0. The molecule has 3 nitrogen and oxygen atoms in total. The molecule has 0 aliphatic rings. The van der Waals surface area contributed by atoms with Gasteiger partial charge in [-0.2, -0.15) is 0 Å². The summed E-state index contributed by atoms with van der Waals surface area (Å²) < 4.78 is 0. The lowest BCUT2D eigenvalue weighted by Gasteiger charge is -2.12. The molecule has 0 aliphatic carbocycles. The number of anilines is 4. The molecule has 104 valence electrons. The van der Waals surface area contributed by atoms with Gasteiger partial charge in [-0.05, 0) is 48.0 Å². The molecule has 3 rings (SSSR count). The second kappa shape index (κ2) is 5.59. The van der Waals surface area contributed by atoms with Crippen LogP contribution in [0.3, 0.4) is 0 Å². The second-order valence-corrected chi connectivity index (χ2v) is 4.91. The number of rotatable bonds is 3. The van der Waals surface area contributed by atoms with Crippen molar-refractivity contribution in [3.8, 4) is 11.1 Å². The molecule has 0 spiro atoms. The first-order valence-corrected chi connectivity index (χ1v) is 6.80. The Balaban J connectivity index is 1.96. The third-order valence-corrected chi connectivity index (χ3v) is 3.34. The van der Waals surface area contributed by atoms with E-state index in [4.69, 9.17) is 11.5 Å². The van der Waals surface area contributed by atoms with Gasteiger partial charge in [-0.3, -0.25) is 0 Å². The van der Waals surface area contributed by atoms with Crippen molar-refractivity contribution in [3.05, 3.63) is 72.8 Å². The number of benzene rings is 3. The van der Waals surface area contributed by atoms with Crippen LogP contribution >= 0.6 is 0 Å². The zero-order valence-electron chi connectivity index (χ0n) is 11.6. The molecule has 3 aromatic carbocycles. The first kappa shape index (κ1) is 13.1. The summed E-state index contributed by atoms with van der Waals surface area (Å²) in [5.74, 6) is 0. The van der Waals surface area contributed by atoms with E-state index in [1.54, 1.807) is 0 Å². The molecular weight excluding hydrogens is 258 g/mol. The third kappa shape index (κ3) is 2.98. The summed E-state index contributed by atoms with van der Waals surface area (Å²) in [5, 5.41) is 3.43. The summed E-state index contributed by atoms with van der Waals surface area (Å²) in [6, 6.07) is 23.8. The van der Waals surface area contributed by atoms with E-state index < -0.39 is 0 Å². The van der Waals surface area contributed by atoms with Crippen molar-refractivity contribution in [2.45, 2.75) is 0 Å². The molecule has 0 aromatic heterocycles. The van der Waals surface area contributed by atoms with Gasteiger partial charge in [0.15, 0.2) is 0 Å². The fourth-order valence-corrected chi connectivity index (χ4v) is 2.23. The van der Waals surface area contributed by atoms with Gasteiger partial charge in [-0.15, -0.1) is 0 Å². The van der Waals surface area contributed by atoms with E-state index in [1.807, 2.05) is 60.7 Å². The van der Waals surface area contributed by atoms with Crippen LogP contribution in [0, 0.1) is 0 Å². The number of para-hydroxylation sites is 1. The van der Waals surface area contributed by atoms with Crippen LogP contribution in [0.15, 0.2) is 72.8 Å². The SMILES string of the molecule is Nc1ccc(Nc2ccccc2-c2ccc(N)cc2)cc1. The van der Waals surface area contributed by atoms with Gasteiger partial charge in [0.05, 0.1) is 0 Å². The van der Waals surface area contributed by atoms with Gasteiger partial charge in [0.2, 0.25) is 0 Å². The van der Waals surface area contributed by atoms with E-state index in [0.717, 1.165) is 33.9 Å². The van der Waals surface area contributed by atoms with Crippen LogP contribution in [0.25, 0.3) is 11.1 Å². The molecule has 3 heteroatoms. The van der Waals surface area contributed by atoms with E-state index in [-0.39, 0.29) is 0 Å². The Morgan fingerprint density at radius 1 is 0.619 bits per heavy atom. The van der Waals surface area contributed by atoms with Crippen LogP contribution in [-0.2, 0) is 0 Å². The van der Waals surface area contributed by atoms with E-state index in [1.165, 1.54) is 0 Å². The van der Waals surface area contributed by atoms with Crippen molar-refractivity contribution in [2.75, 3.05) is 16.8 Å². The summed E-state index contributed by atoms with van der Waals surface area (Å²) in [6.45, 7) is 0. The van der Waals surface area contributed by atoms with Gasteiger partial charge >= 0.3 is 0 Å².